The second kappa shape index (κ2) is 9.96. The number of para-hydroxylation sites is 1. The van der Waals surface area contributed by atoms with E-state index in [0.29, 0.717) is 42.3 Å². The molecule has 0 bridgehead atoms. The van der Waals surface area contributed by atoms with Crippen molar-refractivity contribution >= 4 is 17.4 Å². The number of amides is 2. The van der Waals surface area contributed by atoms with E-state index >= 15 is 0 Å². The van der Waals surface area contributed by atoms with Crippen LogP contribution in [-0.4, -0.2) is 66.1 Å². The van der Waals surface area contributed by atoms with Crippen molar-refractivity contribution in [1.29, 1.82) is 0 Å². The molecule has 1 saturated heterocycles. The average Bonchev–Trinajstić information content (AvgIpc) is 3.43. The fourth-order valence-electron chi connectivity index (χ4n) is 4.35. The third-order valence-corrected chi connectivity index (χ3v) is 6.05. The molecule has 2 aromatic rings. The molecule has 1 aromatic carbocycles. The van der Waals surface area contributed by atoms with Crippen LogP contribution in [0.25, 0.3) is 5.57 Å². The number of methoxy groups -OCH3 is 1. The van der Waals surface area contributed by atoms with E-state index in [1.165, 1.54) is 4.90 Å². The van der Waals surface area contributed by atoms with E-state index in [0.717, 1.165) is 24.8 Å². The lowest BCUT2D eigenvalue weighted by molar-refractivity contribution is -0.139. The number of hydrogen-bond acceptors (Lipinski definition) is 6. The van der Waals surface area contributed by atoms with Crippen molar-refractivity contribution in [2.75, 3.05) is 33.4 Å². The molecule has 2 aliphatic heterocycles. The number of carbonyl (C=O) groups is 2. The third-order valence-electron chi connectivity index (χ3n) is 6.05. The molecule has 1 unspecified atom stereocenters. The summed E-state index contributed by atoms with van der Waals surface area (Å²) in [5.41, 5.74) is 2.61. The van der Waals surface area contributed by atoms with Crippen molar-refractivity contribution in [2.24, 2.45) is 0 Å². The Morgan fingerprint density at radius 2 is 1.94 bits per heavy atom. The molecule has 0 spiro atoms. The summed E-state index contributed by atoms with van der Waals surface area (Å²) in [7, 11) is 1.57. The summed E-state index contributed by atoms with van der Waals surface area (Å²) < 4.78 is 11.3. The van der Waals surface area contributed by atoms with E-state index in [2.05, 4.69) is 4.98 Å². The van der Waals surface area contributed by atoms with Crippen molar-refractivity contribution in [3.05, 3.63) is 65.6 Å². The topological polar surface area (TPSA) is 72.0 Å². The highest BCUT2D eigenvalue weighted by molar-refractivity contribution is 6.36. The Morgan fingerprint density at radius 3 is 2.62 bits per heavy atom. The van der Waals surface area contributed by atoms with E-state index in [4.69, 9.17) is 9.47 Å². The summed E-state index contributed by atoms with van der Waals surface area (Å²) in [6.07, 6.45) is 5.97. The zero-order chi connectivity index (χ0) is 22.5. The van der Waals surface area contributed by atoms with Crippen LogP contribution in [0.4, 0.5) is 0 Å². The molecule has 4 rings (SSSR count). The second-order valence-corrected chi connectivity index (χ2v) is 7.96. The first-order valence-corrected chi connectivity index (χ1v) is 11.1. The maximum absolute atomic E-state index is 13.6. The smallest absolute Gasteiger partial charge is 0.277 e. The number of benzene rings is 1. The van der Waals surface area contributed by atoms with Gasteiger partial charge in [0.1, 0.15) is 11.4 Å². The Morgan fingerprint density at radius 1 is 1.16 bits per heavy atom. The first-order valence-electron chi connectivity index (χ1n) is 11.1. The molecule has 1 atom stereocenters. The quantitative estimate of drug-likeness (QED) is 0.564. The first kappa shape index (κ1) is 22.0. The molecule has 1 aromatic heterocycles. The van der Waals surface area contributed by atoms with Gasteiger partial charge in [-0.15, -0.1) is 0 Å². The first-order chi connectivity index (χ1) is 15.6. The summed E-state index contributed by atoms with van der Waals surface area (Å²) in [4.78, 5) is 34.6. The fraction of sp³-hybridized carbons (Fsp3) is 0.400. The largest absolute Gasteiger partial charge is 0.496 e. The molecule has 168 valence electrons. The number of carbonyl (C=O) groups excluding carboxylic acids is 2. The lowest BCUT2D eigenvalue weighted by Crippen LogP contribution is -2.40. The standard InChI is InChI=1S/C25H29N3O4/c1-3-27(15-12-18-10-13-26-14-11-18)23-22(20-8-4-5-9-21(20)31-2)24(29)28(25(23)30)17-19-7-6-16-32-19/h4-5,8-11,13-14,19H,3,6-7,12,15-17H2,1-2H3. The second-order valence-electron chi connectivity index (χ2n) is 7.96. The molecule has 0 saturated carbocycles. The molecule has 0 N–H and O–H groups in total. The Labute approximate surface area is 188 Å². The van der Waals surface area contributed by atoms with Gasteiger partial charge in [-0.3, -0.25) is 19.5 Å². The van der Waals surface area contributed by atoms with Gasteiger partial charge in [0, 0.05) is 37.7 Å². The number of pyridine rings is 1. The van der Waals surface area contributed by atoms with Crippen LogP contribution in [0, 0.1) is 0 Å². The van der Waals surface area contributed by atoms with Crippen LogP contribution >= 0.6 is 0 Å². The van der Waals surface area contributed by atoms with Gasteiger partial charge in [0.15, 0.2) is 0 Å². The summed E-state index contributed by atoms with van der Waals surface area (Å²) >= 11 is 0. The van der Waals surface area contributed by atoms with Crippen molar-refractivity contribution in [2.45, 2.75) is 32.3 Å². The number of imide groups is 1. The van der Waals surface area contributed by atoms with Crippen LogP contribution in [0.5, 0.6) is 5.75 Å². The molecular formula is C25H29N3O4. The number of nitrogens with zero attached hydrogens (tertiary/aromatic N) is 3. The van der Waals surface area contributed by atoms with E-state index in [1.807, 2.05) is 48.2 Å². The number of ether oxygens (including phenoxy) is 2. The van der Waals surface area contributed by atoms with Crippen LogP contribution in [0.2, 0.25) is 0 Å². The zero-order valence-electron chi connectivity index (χ0n) is 18.6. The molecule has 2 amide bonds. The predicted octanol–water partition coefficient (Wildman–Crippen LogP) is 2.91. The van der Waals surface area contributed by atoms with Gasteiger partial charge in [0.05, 0.1) is 25.3 Å². The zero-order valence-corrected chi connectivity index (χ0v) is 18.6. The average molecular weight is 436 g/mol. The van der Waals surface area contributed by atoms with E-state index in [-0.39, 0.29) is 24.5 Å². The van der Waals surface area contributed by atoms with Crippen molar-refractivity contribution in [3.63, 3.8) is 0 Å². The summed E-state index contributed by atoms with van der Waals surface area (Å²) in [5.74, 6) is 0.0284. The Bertz CT molecular complexity index is 999. The van der Waals surface area contributed by atoms with Gasteiger partial charge in [0.25, 0.3) is 11.8 Å². The lowest BCUT2D eigenvalue weighted by atomic mass is 10.0. The summed E-state index contributed by atoms with van der Waals surface area (Å²) in [5, 5.41) is 0. The molecular weight excluding hydrogens is 406 g/mol. The molecule has 0 radical (unpaired) electrons. The minimum atomic E-state index is -0.285. The number of hydrogen-bond donors (Lipinski definition) is 0. The minimum Gasteiger partial charge on any atom is -0.496 e. The monoisotopic (exact) mass is 435 g/mol. The number of likely N-dealkylation sites (N-methyl/N-ethyl adjacent to an activating group) is 1. The Hall–Kier alpha value is -3.19. The van der Waals surface area contributed by atoms with Gasteiger partial charge in [-0.1, -0.05) is 18.2 Å². The molecule has 1 fully saturated rings. The van der Waals surface area contributed by atoms with Crippen LogP contribution in [-0.2, 0) is 20.7 Å². The van der Waals surface area contributed by atoms with E-state index in [1.54, 1.807) is 19.5 Å². The third kappa shape index (κ3) is 4.39. The molecule has 0 aliphatic carbocycles. The summed E-state index contributed by atoms with van der Waals surface area (Å²) in [6.45, 7) is 4.17. The Balaban J connectivity index is 1.70. The normalized spacial score (nSPS) is 18.6. The van der Waals surface area contributed by atoms with Gasteiger partial charge in [-0.2, -0.15) is 0 Å². The van der Waals surface area contributed by atoms with Crippen LogP contribution < -0.4 is 4.74 Å². The van der Waals surface area contributed by atoms with Crippen LogP contribution in [0.3, 0.4) is 0 Å². The highest BCUT2D eigenvalue weighted by Crippen LogP contribution is 2.36. The maximum Gasteiger partial charge on any atom is 0.277 e. The minimum absolute atomic E-state index is 0.104. The fourth-order valence-corrected chi connectivity index (χ4v) is 4.35. The van der Waals surface area contributed by atoms with E-state index < -0.39 is 0 Å². The van der Waals surface area contributed by atoms with Crippen molar-refractivity contribution in [1.82, 2.24) is 14.8 Å². The highest BCUT2D eigenvalue weighted by Gasteiger charge is 2.43. The molecule has 7 nitrogen and oxygen atoms in total. The molecule has 32 heavy (non-hydrogen) atoms. The van der Waals surface area contributed by atoms with Crippen LogP contribution in [0.15, 0.2) is 54.5 Å². The predicted molar refractivity (Wildman–Crippen MR) is 121 cm³/mol. The van der Waals surface area contributed by atoms with Gasteiger partial charge in [-0.05, 0) is 49.9 Å². The van der Waals surface area contributed by atoms with Gasteiger partial charge < -0.3 is 14.4 Å². The molecule has 7 heteroatoms. The van der Waals surface area contributed by atoms with Crippen LogP contribution in [0.1, 0.15) is 30.9 Å². The number of aromatic nitrogens is 1. The molecule has 2 aliphatic rings. The molecule has 3 heterocycles. The SMILES string of the molecule is CCN(CCc1ccncc1)C1=C(c2ccccc2OC)C(=O)N(CC2CCCO2)C1=O. The van der Waals surface area contributed by atoms with Gasteiger partial charge in [0.2, 0.25) is 0 Å². The van der Waals surface area contributed by atoms with Gasteiger partial charge >= 0.3 is 0 Å². The number of rotatable bonds is 9. The lowest BCUT2D eigenvalue weighted by Gasteiger charge is -2.25. The maximum atomic E-state index is 13.6. The summed E-state index contributed by atoms with van der Waals surface area (Å²) in [6, 6.07) is 11.3. The van der Waals surface area contributed by atoms with Crippen molar-refractivity contribution in [3.8, 4) is 5.75 Å². The van der Waals surface area contributed by atoms with Crippen molar-refractivity contribution < 1.29 is 19.1 Å². The van der Waals surface area contributed by atoms with E-state index in [9.17, 15) is 9.59 Å². The van der Waals surface area contributed by atoms with Gasteiger partial charge in [-0.25, -0.2) is 0 Å². The Kier molecular flexibility index (Phi) is 6.85. The highest BCUT2D eigenvalue weighted by atomic mass is 16.5.